The smallest absolute Gasteiger partial charge is 0.315 e. The second-order valence-electron chi connectivity index (χ2n) is 3.94. The molecule has 82 valence electrons. The van der Waals surface area contributed by atoms with Gasteiger partial charge in [0.05, 0.1) is 5.69 Å². The van der Waals surface area contributed by atoms with Gasteiger partial charge in [-0.1, -0.05) is 0 Å². The maximum absolute atomic E-state index is 11.4. The number of nitrogens with zero attached hydrogens (tertiary/aromatic N) is 1. The van der Waals surface area contributed by atoms with Crippen LogP contribution in [0.25, 0.3) is 0 Å². The highest BCUT2D eigenvalue weighted by atomic mass is 16.5. The molecule has 0 unspecified atom stereocenters. The zero-order valence-corrected chi connectivity index (χ0v) is 8.62. The van der Waals surface area contributed by atoms with Crippen molar-refractivity contribution >= 4 is 5.97 Å². The van der Waals surface area contributed by atoms with Gasteiger partial charge in [0.1, 0.15) is 5.41 Å². The van der Waals surface area contributed by atoms with Crippen molar-refractivity contribution in [3.05, 3.63) is 17.5 Å². The Bertz CT molecular complexity index is 366. The molecule has 1 aliphatic rings. The lowest BCUT2D eigenvalue weighted by Crippen LogP contribution is -2.41. The van der Waals surface area contributed by atoms with Crippen molar-refractivity contribution in [2.45, 2.75) is 25.2 Å². The number of carboxylic acids is 1. The Morgan fingerprint density at radius 3 is 2.73 bits per heavy atom. The molecule has 0 amide bonds. The second-order valence-corrected chi connectivity index (χ2v) is 3.94. The number of rotatable bonds is 2. The predicted octanol–water partition coefficient (Wildman–Crippen LogP) is 0.851. The number of ether oxygens (including phenoxy) is 1. The van der Waals surface area contributed by atoms with Crippen LogP contribution < -0.4 is 0 Å². The summed E-state index contributed by atoms with van der Waals surface area (Å²) in [6, 6.07) is 1.80. The van der Waals surface area contributed by atoms with Gasteiger partial charge in [0.15, 0.2) is 0 Å². The molecule has 1 aliphatic heterocycles. The zero-order valence-electron chi connectivity index (χ0n) is 8.62. The van der Waals surface area contributed by atoms with Crippen LogP contribution in [0.5, 0.6) is 0 Å². The van der Waals surface area contributed by atoms with Crippen LogP contribution in [0.3, 0.4) is 0 Å². The number of carboxylic acid groups (broad SMARTS) is 1. The number of nitrogens with one attached hydrogen (secondary N) is 1. The molecule has 0 saturated carbocycles. The average molecular weight is 210 g/mol. The van der Waals surface area contributed by atoms with Gasteiger partial charge in [-0.15, -0.1) is 0 Å². The zero-order chi connectivity index (χ0) is 10.9. The molecule has 0 aliphatic carbocycles. The number of hydrogen-bond donors (Lipinski definition) is 2. The lowest BCUT2D eigenvalue weighted by atomic mass is 9.77. The Morgan fingerprint density at radius 2 is 2.27 bits per heavy atom. The molecule has 0 atom stereocenters. The molecule has 2 rings (SSSR count). The SMILES string of the molecule is Cc1cc(C2(C(=O)O)CCOCC2)n[nH]1. The summed E-state index contributed by atoms with van der Waals surface area (Å²) in [7, 11) is 0. The number of aromatic amines is 1. The van der Waals surface area contributed by atoms with E-state index in [1.54, 1.807) is 6.07 Å². The van der Waals surface area contributed by atoms with E-state index < -0.39 is 11.4 Å². The topological polar surface area (TPSA) is 75.2 Å². The molecular formula is C10H14N2O3. The Morgan fingerprint density at radius 1 is 1.60 bits per heavy atom. The van der Waals surface area contributed by atoms with Gasteiger partial charge in [0, 0.05) is 18.9 Å². The summed E-state index contributed by atoms with van der Waals surface area (Å²) in [5.74, 6) is -0.808. The van der Waals surface area contributed by atoms with Crippen molar-refractivity contribution in [1.82, 2.24) is 10.2 Å². The van der Waals surface area contributed by atoms with E-state index >= 15 is 0 Å². The fraction of sp³-hybridized carbons (Fsp3) is 0.600. The van der Waals surface area contributed by atoms with Gasteiger partial charge in [0.2, 0.25) is 0 Å². The largest absolute Gasteiger partial charge is 0.481 e. The minimum atomic E-state index is -0.858. The van der Waals surface area contributed by atoms with Crippen molar-refractivity contribution < 1.29 is 14.6 Å². The maximum atomic E-state index is 11.4. The normalized spacial score (nSPS) is 20.1. The van der Waals surface area contributed by atoms with Crippen LogP contribution in [0.2, 0.25) is 0 Å². The molecule has 5 heteroatoms. The highest BCUT2D eigenvalue weighted by Gasteiger charge is 2.43. The number of aliphatic carboxylic acids is 1. The van der Waals surface area contributed by atoms with Crippen molar-refractivity contribution in [3.63, 3.8) is 0 Å². The van der Waals surface area contributed by atoms with E-state index in [-0.39, 0.29) is 0 Å². The fourth-order valence-corrected chi connectivity index (χ4v) is 1.96. The van der Waals surface area contributed by atoms with Crippen molar-refractivity contribution in [2.75, 3.05) is 13.2 Å². The van der Waals surface area contributed by atoms with Crippen molar-refractivity contribution in [1.29, 1.82) is 0 Å². The molecule has 0 aromatic carbocycles. The first-order chi connectivity index (χ1) is 7.15. The summed E-state index contributed by atoms with van der Waals surface area (Å²) >= 11 is 0. The Balaban J connectivity index is 2.37. The Labute approximate surface area is 87.4 Å². The standard InChI is InChI=1S/C10H14N2O3/c1-7-6-8(12-11-7)10(9(13)14)2-4-15-5-3-10/h6H,2-5H2,1H3,(H,11,12)(H,13,14). The van der Waals surface area contributed by atoms with E-state index in [0.717, 1.165) is 5.69 Å². The quantitative estimate of drug-likeness (QED) is 0.758. The third-order valence-electron chi connectivity index (χ3n) is 2.95. The van der Waals surface area contributed by atoms with Crippen LogP contribution >= 0.6 is 0 Å². The van der Waals surface area contributed by atoms with Crippen LogP contribution in [0.4, 0.5) is 0 Å². The third kappa shape index (κ3) is 1.63. The summed E-state index contributed by atoms with van der Waals surface area (Å²) in [6.45, 7) is 2.84. The summed E-state index contributed by atoms with van der Waals surface area (Å²) in [5, 5.41) is 16.2. The molecule has 5 nitrogen and oxygen atoms in total. The van der Waals surface area contributed by atoms with Crippen LogP contribution in [0.1, 0.15) is 24.2 Å². The van der Waals surface area contributed by atoms with Crippen molar-refractivity contribution in [2.24, 2.45) is 0 Å². The maximum Gasteiger partial charge on any atom is 0.315 e. The van der Waals surface area contributed by atoms with Gasteiger partial charge < -0.3 is 9.84 Å². The first-order valence-corrected chi connectivity index (χ1v) is 4.99. The average Bonchev–Trinajstić information content (AvgIpc) is 2.66. The molecule has 1 fully saturated rings. The molecule has 1 aromatic heterocycles. The third-order valence-corrected chi connectivity index (χ3v) is 2.95. The highest BCUT2D eigenvalue weighted by Crippen LogP contribution is 2.34. The minimum Gasteiger partial charge on any atom is -0.481 e. The number of carbonyl (C=O) groups is 1. The van der Waals surface area contributed by atoms with E-state index in [9.17, 15) is 9.90 Å². The molecule has 1 aromatic rings. The van der Waals surface area contributed by atoms with E-state index in [2.05, 4.69) is 10.2 Å². The number of hydrogen-bond acceptors (Lipinski definition) is 3. The molecule has 15 heavy (non-hydrogen) atoms. The van der Waals surface area contributed by atoms with Gasteiger partial charge in [0.25, 0.3) is 0 Å². The highest BCUT2D eigenvalue weighted by molar-refractivity contribution is 5.80. The molecule has 2 N–H and O–H groups in total. The minimum absolute atomic E-state index is 0.484. The Hall–Kier alpha value is -1.36. The number of aromatic nitrogens is 2. The van der Waals surface area contributed by atoms with Gasteiger partial charge >= 0.3 is 5.97 Å². The molecule has 0 bridgehead atoms. The predicted molar refractivity (Wildman–Crippen MR) is 52.7 cm³/mol. The molecule has 0 spiro atoms. The lowest BCUT2D eigenvalue weighted by Gasteiger charge is -2.31. The Kier molecular flexibility index (Phi) is 2.48. The van der Waals surface area contributed by atoms with Crippen molar-refractivity contribution in [3.8, 4) is 0 Å². The van der Waals surface area contributed by atoms with Crippen LogP contribution in [-0.4, -0.2) is 34.5 Å². The first kappa shape index (κ1) is 10.2. The van der Waals surface area contributed by atoms with E-state index in [0.29, 0.717) is 31.7 Å². The second kappa shape index (κ2) is 3.66. The van der Waals surface area contributed by atoms with E-state index in [1.807, 2.05) is 6.92 Å². The number of aryl methyl sites for hydroxylation is 1. The van der Waals surface area contributed by atoms with Crippen LogP contribution in [0, 0.1) is 6.92 Å². The van der Waals surface area contributed by atoms with E-state index in [1.165, 1.54) is 0 Å². The summed E-state index contributed by atoms with van der Waals surface area (Å²) in [5.41, 5.74) is 0.649. The summed E-state index contributed by atoms with van der Waals surface area (Å²) in [6.07, 6.45) is 0.985. The monoisotopic (exact) mass is 210 g/mol. The van der Waals surface area contributed by atoms with Gasteiger partial charge in [-0.2, -0.15) is 5.10 Å². The van der Waals surface area contributed by atoms with Crippen LogP contribution in [0.15, 0.2) is 6.07 Å². The summed E-state index contributed by atoms with van der Waals surface area (Å²) < 4.78 is 5.20. The van der Waals surface area contributed by atoms with Crippen LogP contribution in [-0.2, 0) is 14.9 Å². The molecule has 1 saturated heterocycles. The first-order valence-electron chi connectivity index (χ1n) is 4.99. The van der Waals surface area contributed by atoms with E-state index in [4.69, 9.17) is 4.74 Å². The molecular weight excluding hydrogens is 196 g/mol. The van der Waals surface area contributed by atoms with Gasteiger partial charge in [-0.3, -0.25) is 9.89 Å². The molecule has 0 radical (unpaired) electrons. The lowest BCUT2D eigenvalue weighted by molar-refractivity contribution is -0.148. The number of H-pyrrole nitrogens is 1. The van der Waals surface area contributed by atoms with Gasteiger partial charge in [-0.25, -0.2) is 0 Å². The fourth-order valence-electron chi connectivity index (χ4n) is 1.96. The van der Waals surface area contributed by atoms with Gasteiger partial charge in [-0.05, 0) is 25.8 Å². The molecule has 2 heterocycles. The summed E-state index contributed by atoms with van der Waals surface area (Å²) in [4.78, 5) is 11.4.